The van der Waals surface area contributed by atoms with Gasteiger partial charge in [-0.3, -0.25) is 14.4 Å². The number of pyridine rings is 1. The van der Waals surface area contributed by atoms with Gasteiger partial charge in [0.05, 0.1) is 31.4 Å². The van der Waals surface area contributed by atoms with Gasteiger partial charge in [0.15, 0.2) is 0 Å². The van der Waals surface area contributed by atoms with Crippen LogP contribution in [0.1, 0.15) is 26.3 Å². The fraction of sp³-hybridized carbons (Fsp3) is 0.412. The average Bonchev–Trinajstić information content (AvgIpc) is 3.06. The molecule has 0 bridgehead atoms. The lowest BCUT2D eigenvalue weighted by Gasteiger charge is -2.42. The minimum atomic E-state index is -0.325. The lowest BCUT2D eigenvalue weighted by Crippen LogP contribution is -2.50. The zero-order valence-electron chi connectivity index (χ0n) is 26.0. The minimum absolute atomic E-state index is 0.0358. The van der Waals surface area contributed by atoms with Crippen LogP contribution in [-0.4, -0.2) is 116 Å². The average molecular weight is 613 g/mol. The van der Waals surface area contributed by atoms with Crippen molar-refractivity contribution in [2.75, 3.05) is 77.4 Å². The second kappa shape index (κ2) is 12.9. The van der Waals surface area contributed by atoms with Crippen molar-refractivity contribution in [2.24, 2.45) is 11.8 Å². The molecule has 1 aliphatic carbocycles. The number of nitrogens with one attached hydrogen (secondary N) is 1. The van der Waals surface area contributed by atoms with Crippen molar-refractivity contribution in [1.29, 1.82) is 0 Å². The van der Waals surface area contributed by atoms with Crippen LogP contribution in [0.4, 0.5) is 11.5 Å². The molecule has 3 aliphatic heterocycles. The molecule has 0 saturated carbocycles. The Morgan fingerprint density at radius 2 is 1.91 bits per heavy atom. The van der Waals surface area contributed by atoms with Crippen molar-refractivity contribution in [3.8, 4) is 0 Å². The summed E-state index contributed by atoms with van der Waals surface area (Å²) >= 11 is 0. The molecule has 11 nitrogen and oxygen atoms in total. The number of benzene rings is 1. The number of hydrogen-bond acceptors (Lipinski definition) is 8. The zero-order valence-corrected chi connectivity index (χ0v) is 26.0. The van der Waals surface area contributed by atoms with Gasteiger partial charge in [0, 0.05) is 76.6 Å². The van der Waals surface area contributed by atoms with E-state index < -0.39 is 0 Å². The van der Waals surface area contributed by atoms with E-state index in [-0.39, 0.29) is 42.2 Å². The van der Waals surface area contributed by atoms with E-state index in [0.717, 1.165) is 23.2 Å². The number of aromatic nitrogens is 1. The maximum Gasteiger partial charge on any atom is 0.269 e. The quantitative estimate of drug-likeness (QED) is 0.489. The maximum atomic E-state index is 13.7. The highest BCUT2D eigenvalue weighted by molar-refractivity contribution is 5.98. The number of nitrogens with zero attached hydrogens (tertiary/aromatic N) is 5. The van der Waals surface area contributed by atoms with Crippen molar-refractivity contribution in [3.63, 3.8) is 0 Å². The number of anilines is 2. The molecule has 45 heavy (non-hydrogen) atoms. The summed E-state index contributed by atoms with van der Waals surface area (Å²) in [4.78, 5) is 51.4. The number of hydrogen-bond donors (Lipinski definition) is 2. The topological polar surface area (TPSA) is 119 Å². The Bertz CT molecular complexity index is 1560. The first-order valence-corrected chi connectivity index (χ1v) is 15.4. The first kappa shape index (κ1) is 30.5. The molecule has 0 radical (unpaired) electrons. The third kappa shape index (κ3) is 6.10. The van der Waals surface area contributed by atoms with Crippen LogP contribution in [0.15, 0.2) is 72.1 Å². The Hall–Kier alpha value is -4.48. The van der Waals surface area contributed by atoms with Crippen LogP contribution in [0.3, 0.4) is 0 Å². The van der Waals surface area contributed by atoms with Crippen molar-refractivity contribution in [2.45, 2.75) is 12.5 Å². The van der Waals surface area contributed by atoms with Gasteiger partial charge in [-0.2, -0.15) is 0 Å². The van der Waals surface area contributed by atoms with Crippen LogP contribution in [-0.2, 0) is 16.0 Å². The van der Waals surface area contributed by atoms with E-state index in [1.54, 1.807) is 29.0 Å². The highest BCUT2D eigenvalue weighted by Gasteiger charge is 2.39. The molecule has 1 fully saturated rings. The van der Waals surface area contributed by atoms with Gasteiger partial charge < -0.3 is 34.8 Å². The number of rotatable bonds is 7. The molecule has 6 rings (SSSR count). The smallest absolute Gasteiger partial charge is 0.269 e. The molecule has 1 aromatic carbocycles. The molecule has 0 spiro atoms. The molecular weight excluding hydrogens is 572 g/mol. The van der Waals surface area contributed by atoms with Crippen LogP contribution in [0.2, 0.25) is 0 Å². The molecule has 1 saturated heterocycles. The monoisotopic (exact) mass is 612 g/mol. The number of carbonyl (C=O) groups excluding carboxylic acids is 3. The molecule has 236 valence electrons. The molecule has 4 aliphatic rings. The number of fused-ring (bicyclic) bond motifs is 1. The van der Waals surface area contributed by atoms with Gasteiger partial charge in [-0.1, -0.05) is 23.8 Å². The Labute approximate surface area is 263 Å². The Morgan fingerprint density at radius 1 is 1.11 bits per heavy atom. The van der Waals surface area contributed by atoms with Gasteiger partial charge in [-0.25, -0.2) is 4.98 Å². The fourth-order valence-corrected chi connectivity index (χ4v) is 6.61. The molecule has 3 atom stereocenters. The molecular formula is C34H40N6O5. The summed E-state index contributed by atoms with van der Waals surface area (Å²) in [6, 6.07) is 9.03. The summed E-state index contributed by atoms with van der Waals surface area (Å²) in [5.74, 6) is -0.366. The molecule has 2 N–H and O–H groups in total. The van der Waals surface area contributed by atoms with E-state index in [2.05, 4.69) is 16.4 Å². The summed E-state index contributed by atoms with van der Waals surface area (Å²) in [5, 5.41) is 13.8. The number of aliphatic hydroxyl groups excluding tert-OH is 1. The van der Waals surface area contributed by atoms with Crippen LogP contribution in [0.5, 0.6) is 0 Å². The lowest BCUT2D eigenvalue weighted by atomic mass is 9.78. The minimum Gasteiger partial charge on any atom is -0.396 e. The van der Waals surface area contributed by atoms with Gasteiger partial charge in [0.25, 0.3) is 17.7 Å². The summed E-state index contributed by atoms with van der Waals surface area (Å²) in [6.07, 6.45) is 10.1. The first-order valence-electron chi connectivity index (χ1n) is 15.4. The SMILES string of the molecule is CN1CC(C2=CC=CC(N3CCc4cc(N(C)C)ccc4C3=O)C2CO)C=C(Nc2ccc(C(=O)N3CCOCC3)cn2)C1=O. The number of ether oxygens (including phenoxy) is 1. The van der Waals surface area contributed by atoms with E-state index >= 15 is 0 Å². The van der Waals surface area contributed by atoms with E-state index in [0.29, 0.717) is 62.0 Å². The number of likely N-dealkylation sites (N-methyl/N-ethyl adjacent to an activating group) is 1. The van der Waals surface area contributed by atoms with Gasteiger partial charge >= 0.3 is 0 Å². The normalized spacial score (nSPS) is 23.4. The highest BCUT2D eigenvalue weighted by atomic mass is 16.5. The second-order valence-corrected chi connectivity index (χ2v) is 12.1. The summed E-state index contributed by atoms with van der Waals surface area (Å²) in [5.41, 5.74) is 4.61. The number of morpholine rings is 1. The predicted octanol–water partition coefficient (Wildman–Crippen LogP) is 2.18. The molecule has 3 amide bonds. The van der Waals surface area contributed by atoms with Crippen molar-refractivity contribution in [1.82, 2.24) is 19.7 Å². The molecule has 3 unspecified atom stereocenters. The summed E-state index contributed by atoms with van der Waals surface area (Å²) in [7, 11) is 5.72. The summed E-state index contributed by atoms with van der Waals surface area (Å²) in [6.45, 7) is 3.00. The van der Waals surface area contributed by atoms with E-state index in [9.17, 15) is 19.5 Å². The Kier molecular flexibility index (Phi) is 8.73. The van der Waals surface area contributed by atoms with Gasteiger partial charge in [0.1, 0.15) is 11.5 Å². The van der Waals surface area contributed by atoms with Gasteiger partial charge in [-0.05, 0) is 48.4 Å². The van der Waals surface area contributed by atoms with Crippen molar-refractivity contribution in [3.05, 3.63) is 88.8 Å². The van der Waals surface area contributed by atoms with E-state index in [1.165, 1.54) is 6.20 Å². The van der Waals surface area contributed by atoms with Gasteiger partial charge in [0.2, 0.25) is 0 Å². The Morgan fingerprint density at radius 3 is 2.62 bits per heavy atom. The van der Waals surface area contributed by atoms with E-state index in [4.69, 9.17) is 4.74 Å². The number of allylic oxidation sites excluding steroid dienone is 2. The summed E-state index contributed by atoms with van der Waals surface area (Å²) < 4.78 is 5.34. The predicted molar refractivity (Wildman–Crippen MR) is 171 cm³/mol. The third-order valence-corrected chi connectivity index (χ3v) is 9.13. The molecule has 11 heteroatoms. The largest absolute Gasteiger partial charge is 0.396 e. The fourth-order valence-electron chi connectivity index (χ4n) is 6.61. The molecule has 1 aromatic heterocycles. The maximum absolute atomic E-state index is 13.7. The number of amides is 3. The van der Waals surface area contributed by atoms with Crippen molar-refractivity contribution >= 4 is 29.2 Å². The van der Waals surface area contributed by atoms with Crippen LogP contribution in [0, 0.1) is 11.8 Å². The number of carbonyl (C=O) groups is 3. The van der Waals surface area contributed by atoms with Crippen LogP contribution >= 0.6 is 0 Å². The molecule has 2 aromatic rings. The third-order valence-electron chi connectivity index (χ3n) is 9.13. The number of aliphatic hydroxyl groups is 1. The van der Waals surface area contributed by atoms with Crippen LogP contribution < -0.4 is 10.2 Å². The highest BCUT2D eigenvalue weighted by Crippen LogP contribution is 2.36. The Balaban J connectivity index is 1.19. The standard InChI is InChI=1S/C34H40N6O5/c1-37(2)25-8-9-27-22(17-25)11-12-40(33(27)43)30-6-4-5-26(28(30)21-41)24-18-29(34(44)38(3)20-24)36-31-10-7-23(19-35-31)32(42)39-13-15-45-16-14-39/h4-10,17-19,24,28,30,41H,11-16,20-21H2,1-3H3,(H,35,36). The van der Waals surface area contributed by atoms with E-state index in [1.807, 2.05) is 60.3 Å². The first-order chi connectivity index (χ1) is 21.7. The van der Waals surface area contributed by atoms with Crippen molar-refractivity contribution < 1.29 is 24.2 Å². The van der Waals surface area contributed by atoms with Gasteiger partial charge in [-0.15, -0.1) is 0 Å². The van der Waals surface area contributed by atoms with Crippen LogP contribution in [0.25, 0.3) is 0 Å². The lowest BCUT2D eigenvalue weighted by molar-refractivity contribution is -0.126. The molecule has 4 heterocycles. The second-order valence-electron chi connectivity index (χ2n) is 12.1. The zero-order chi connectivity index (χ0) is 31.7.